The summed E-state index contributed by atoms with van der Waals surface area (Å²) < 4.78 is 5.18. The van der Waals surface area contributed by atoms with E-state index in [2.05, 4.69) is 21.5 Å². The molecule has 0 aliphatic rings. The van der Waals surface area contributed by atoms with Gasteiger partial charge in [-0.15, -0.1) is 0 Å². The van der Waals surface area contributed by atoms with E-state index < -0.39 is 0 Å². The van der Waals surface area contributed by atoms with Gasteiger partial charge in [0.15, 0.2) is 5.11 Å². The maximum absolute atomic E-state index is 11.6. The van der Waals surface area contributed by atoms with Crippen LogP contribution in [0.5, 0.6) is 5.75 Å². The fourth-order valence-electron chi connectivity index (χ4n) is 1.42. The number of rotatable bonds is 6. The molecule has 1 aromatic rings. The number of nitrogens with one attached hydrogen (secondary N) is 4. The predicted octanol–water partition coefficient (Wildman–Crippen LogP) is 1.01. The maximum atomic E-state index is 11.6. The molecule has 0 aliphatic carbocycles. The molecule has 6 nitrogen and oxygen atoms in total. The summed E-state index contributed by atoms with van der Waals surface area (Å²) in [5.41, 5.74) is 5.90. The van der Waals surface area contributed by atoms with Crippen molar-refractivity contribution in [2.45, 2.75) is 13.3 Å². The van der Waals surface area contributed by atoms with Crippen LogP contribution in [0.25, 0.3) is 0 Å². The zero-order chi connectivity index (χ0) is 14.8. The number of para-hydroxylation sites is 2. The molecule has 20 heavy (non-hydrogen) atoms. The third-order valence-electron chi connectivity index (χ3n) is 2.40. The molecule has 7 heteroatoms. The molecule has 0 spiro atoms. The molecule has 0 saturated heterocycles. The van der Waals surface area contributed by atoms with E-state index in [4.69, 9.17) is 17.0 Å². The van der Waals surface area contributed by atoms with Gasteiger partial charge in [0.25, 0.3) is 5.91 Å². The normalized spacial score (nSPS) is 9.50. The Morgan fingerprint density at radius 1 is 1.30 bits per heavy atom. The van der Waals surface area contributed by atoms with Gasteiger partial charge in [0.2, 0.25) is 0 Å². The second kappa shape index (κ2) is 8.98. The highest BCUT2D eigenvalue weighted by Crippen LogP contribution is 2.22. The Morgan fingerprint density at radius 3 is 2.75 bits per heavy atom. The second-order valence-electron chi connectivity index (χ2n) is 3.98. The van der Waals surface area contributed by atoms with Crippen molar-refractivity contribution in [1.29, 1.82) is 0 Å². The van der Waals surface area contributed by atoms with Crippen LogP contribution in [0, 0.1) is 0 Å². The summed E-state index contributed by atoms with van der Waals surface area (Å²) in [6.07, 6.45) is 0.963. The number of benzene rings is 1. The molecule has 0 unspecified atom stereocenters. The number of hydrogen-bond acceptors (Lipinski definition) is 4. The molecule has 0 radical (unpaired) electrons. The van der Waals surface area contributed by atoms with Gasteiger partial charge in [0.05, 0.1) is 19.3 Å². The van der Waals surface area contributed by atoms with Crippen LogP contribution in [0.3, 0.4) is 0 Å². The first-order valence-electron chi connectivity index (χ1n) is 6.37. The van der Waals surface area contributed by atoms with Crippen LogP contribution in [0.2, 0.25) is 0 Å². The number of thiocarbonyl (C=S) groups is 1. The fourth-order valence-corrected chi connectivity index (χ4v) is 1.57. The Morgan fingerprint density at radius 2 is 2.05 bits per heavy atom. The van der Waals surface area contributed by atoms with Gasteiger partial charge in [-0.2, -0.15) is 0 Å². The van der Waals surface area contributed by atoms with E-state index in [1.165, 1.54) is 0 Å². The van der Waals surface area contributed by atoms with E-state index in [1.807, 2.05) is 31.2 Å². The van der Waals surface area contributed by atoms with Crippen molar-refractivity contribution in [3.63, 3.8) is 0 Å². The lowest BCUT2D eigenvalue weighted by Crippen LogP contribution is -2.48. The summed E-state index contributed by atoms with van der Waals surface area (Å²) >= 11 is 4.98. The van der Waals surface area contributed by atoms with E-state index in [9.17, 15) is 4.79 Å². The zero-order valence-corrected chi connectivity index (χ0v) is 12.5. The third-order valence-corrected chi connectivity index (χ3v) is 2.64. The molecule has 4 N–H and O–H groups in total. The lowest BCUT2D eigenvalue weighted by atomic mass is 10.3. The van der Waals surface area contributed by atoms with Crippen molar-refractivity contribution < 1.29 is 9.53 Å². The fraction of sp³-hybridized carbons (Fsp3) is 0.385. The van der Waals surface area contributed by atoms with E-state index in [0.29, 0.717) is 10.9 Å². The maximum Gasteiger partial charge on any atom is 0.257 e. The molecule has 110 valence electrons. The number of anilines is 1. The number of methoxy groups -OCH3 is 1. The van der Waals surface area contributed by atoms with Crippen molar-refractivity contribution in [3.05, 3.63) is 24.3 Å². The summed E-state index contributed by atoms with van der Waals surface area (Å²) in [7, 11) is 1.58. The van der Waals surface area contributed by atoms with Gasteiger partial charge < -0.3 is 15.4 Å². The van der Waals surface area contributed by atoms with Gasteiger partial charge in [-0.25, -0.2) is 0 Å². The molecule has 1 rings (SSSR count). The van der Waals surface area contributed by atoms with Crippen LogP contribution in [-0.4, -0.2) is 31.2 Å². The smallest absolute Gasteiger partial charge is 0.257 e. The number of hydrogen-bond donors (Lipinski definition) is 4. The SMILES string of the molecule is CCCNC(=S)NNC(=O)CNc1ccccc1OC. The molecule has 0 aromatic heterocycles. The molecule has 0 fully saturated rings. The number of ether oxygens (including phenoxy) is 1. The summed E-state index contributed by atoms with van der Waals surface area (Å²) in [6.45, 7) is 2.91. The summed E-state index contributed by atoms with van der Waals surface area (Å²) in [6, 6.07) is 7.39. The molecule has 1 aromatic carbocycles. The van der Waals surface area contributed by atoms with E-state index in [1.54, 1.807) is 7.11 Å². The van der Waals surface area contributed by atoms with Gasteiger partial charge in [-0.05, 0) is 30.8 Å². The van der Waals surface area contributed by atoms with Gasteiger partial charge in [0, 0.05) is 6.54 Å². The average molecular weight is 296 g/mol. The Balaban J connectivity index is 2.31. The van der Waals surface area contributed by atoms with Crippen molar-refractivity contribution in [2.75, 3.05) is 25.5 Å². The molecule has 0 saturated carbocycles. The predicted molar refractivity (Wildman–Crippen MR) is 83.7 cm³/mol. The largest absolute Gasteiger partial charge is 0.495 e. The molecule has 1 amide bonds. The van der Waals surface area contributed by atoms with Gasteiger partial charge in [-0.1, -0.05) is 19.1 Å². The molecule has 0 bridgehead atoms. The minimum atomic E-state index is -0.225. The lowest BCUT2D eigenvalue weighted by molar-refractivity contribution is -0.119. The monoisotopic (exact) mass is 296 g/mol. The van der Waals surface area contributed by atoms with Crippen molar-refractivity contribution in [1.82, 2.24) is 16.2 Å². The zero-order valence-electron chi connectivity index (χ0n) is 11.7. The Labute approximate surface area is 124 Å². The van der Waals surface area contributed by atoms with Crippen molar-refractivity contribution >= 4 is 28.9 Å². The first-order chi connectivity index (χ1) is 9.67. The summed E-state index contributed by atoms with van der Waals surface area (Å²) in [4.78, 5) is 11.6. The van der Waals surface area contributed by atoms with Crippen LogP contribution in [0.1, 0.15) is 13.3 Å². The number of hydrazine groups is 1. The van der Waals surface area contributed by atoms with Crippen LogP contribution in [0.15, 0.2) is 24.3 Å². The minimum Gasteiger partial charge on any atom is -0.495 e. The van der Waals surface area contributed by atoms with Crippen molar-refractivity contribution in [3.8, 4) is 5.75 Å². The summed E-state index contributed by atoms with van der Waals surface area (Å²) in [5.74, 6) is 0.463. The standard InChI is InChI=1S/C13H20N4O2S/c1-3-8-14-13(20)17-16-12(18)9-15-10-6-4-5-7-11(10)19-2/h4-7,15H,3,8-9H2,1-2H3,(H,16,18)(H2,14,17,20). The van der Waals surface area contributed by atoms with Crippen LogP contribution < -0.4 is 26.2 Å². The molecular formula is C13H20N4O2S. The first-order valence-corrected chi connectivity index (χ1v) is 6.77. The van der Waals surface area contributed by atoms with Crippen LogP contribution >= 0.6 is 12.2 Å². The van der Waals surface area contributed by atoms with Crippen LogP contribution in [-0.2, 0) is 4.79 Å². The quantitative estimate of drug-likeness (QED) is 0.464. The highest BCUT2D eigenvalue weighted by Gasteiger charge is 2.04. The minimum absolute atomic E-state index is 0.115. The van der Waals surface area contributed by atoms with Crippen LogP contribution in [0.4, 0.5) is 5.69 Å². The molecule has 0 aliphatic heterocycles. The van der Waals surface area contributed by atoms with E-state index in [-0.39, 0.29) is 12.5 Å². The second-order valence-corrected chi connectivity index (χ2v) is 4.39. The highest BCUT2D eigenvalue weighted by atomic mass is 32.1. The Bertz CT molecular complexity index is 454. The van der Waals surface area contributed by atoms with Crippen molar-refractivity contribution in [2.24, 2.45) is 0 Å². The Hall–Kier alpha value is -2.02. The highest BCUT2D eigenvalue weighted by molar-refractivity contribution is 7.80. The number of amides is 1. The Kier molecular flexibility index (Phi) is 7.20. The molecule has 0 heterocycles. The molecule has 0 atom stereocenters. The van der Waals surface area contributed by atoms with Gasteiger partial charge in [-0.3, -0.25) is 15.6 Å². The average Bonchev–Trinajstić information content (AvgIpc) is 2.48. The van der Waals surface area contributed by atoms with E-state index in [0.717, 1.165) is 18.7 Å². The van der Waals surface area contributed by atoms with Gasteiger partial charge in [0.1, 0.15) is 5.75 Å². The first kappa shape index (κ1) is 16.0. The topological polar surface area (TPSA) is 74.4 Å². The van der Waals surface area contributed by atoms with Gasteiger partial charge >= 0.3 is 0 Å². The summed E-state index contributed by atoms with van der Waals surface area (Å²) in [5, 5.41) is 6.34. The number of carbonyl (C=O) groups excluding carboxylic acids is 1. The molecular weight excluding hydrogens is 276 g/mol. The van der Waals surface area contributed by atoms with E-state index >= 15 is 0 Å². The lowest BCUT2D eigenvalue weighted by Gasteiger charge is -2.13. The third kappa shape index (κ3) is 5.75. The number of carbonyl (C=O) groups is 1.